The summed E-state index contributed by atoms with van der Waals surface area (Å²) in [7, 11) is 0. The van der Waals surface area contributed by atoms with Crippen LogP contribution in [0.5, 0.6) is 0 Å². The van der Waals surface area contributed by atoms with Crippen LogP contribution in [0.4, 0.5) is 0 Å². The van der Waals surface area contributed by atoms with Crippen LogP contribution < -0.4 is 0 Å². The zero-order valence-corrected chi connectivity index (χ0v) is 27.3. The molecule has 5 rings (SSSR count). The van der Waals surface area contributed by atoms with Gasteiger partial charge in [-0.25, -0.2) is 0 Å². The van der Waals surface area contributed by atoms with Crippen molar-refractivity contribution < 1.29 is 35.1 Å². The number of hydrogen-bond donors (Lipinski definition) is 5. The molecule has 0 saturated heterocycles. The average molecular weight is 591 g/mol. The van der Waals surface area contributed by atoms with Gasteiger partial charge in [-0.2, -0.15) is 0 Å². The molecule has 0 aromatic heterocycles. The van der Waals surface area contributed by atoms with E-state index in [0.29, 0.717) is 18.8 Å². The lowest BCUT2D eigenvalue weighted by molar-refractivity contribution is -0.291. The molecule has 5 N–H and O–H groups in total. The molecule has 240 valence electrons. The summed E-state index contributed by atoms with van der Waals surface area (Å²) >= 11 is 0. The number of esters is 1. The van der Waals surface area contributed by atoms with E-state index in [1.165, 1.54) is 0 Å². The van der Waals surface area contributed by atoms with Gasteiger partial charge in [-0.15, -0.1) is 0 Å². The maximum Gasteiger partial charge on any atom is 0.306 e. The molecule has 0 aliphatic heterocycles. The van der Waals surface area contributed by atoms with Crippen molar-refractivity contribution in [3.05, 3.63) is 11.6 Å². The number of aliphatic hydroxyl groups is 5. The van der Waals surface area contributed by atoms with E-state index in [-0.39, 0.29) is 40.6 Å². The number of carbonyl (C=O) groups is 1. The molecule has 5 aliphatic carbocycles. The Kier molecular flexibility index (Phi) is 7.92. The Hall–Kier alpha value is -0.990. The molecule has 0 aromatic carbocycles. The van der Waals surface area contributed by atoms with E-state index in [1.807, 2.05) is 20.8 Å². The average Bonchev–Trinajstić information content (AvgIpc) is 2.92. The summed E-state index contributed by atoms with van der Waals surface area (Å²) in [6.45, 7) is 16.7. The summed E-state index contributed by atoms with van der Waals surface area (Å²) in [6, 6.07) is 0. The highest BCUT2D eigenvalue weighted by Gasteiger charge is 2.75. The van der Waals surface area contributed by atoms with Crippen molar-refractivity contribution >= 4 is 5.97 Å². The van der Waals surface area contributed by atoms with E-state index in [4.69, 9.17) is 4.74 Å². The van der Waals surface area contributed by atoms with Crippen LogP contribution in [-0.4, -0.2) is 68.6 Å². The van der Waals surface area contributed by atoms with Gasteiger partial charge >= 0.3 is 5.97 Å². The second-order valence-electron chi connectivity index (χ2n) is 16.9. The molecule has 0 radical (unpaired) electrons. The molecule has 0 spiro atoms. The topological polar surface area (TPSA) is 127 Å². The lowest BCUT2D eigenvalue weighted by atomic mass is 9.32. The van der Waals surface area contributed by atoms with Gasteiger partial charge in [0.1, 0.15) is 6.10 Å². The predicted octanol–water partition coefficient (Wildman–Crippen LogP) is 4.77. The lowest BCUT2D eigenvalue weighted by Gasteiger charge is -2.73. The van der Waals surface area contributed by atoms with Gasteiger partial charge < -0.3 is 30.3 Å². The molecule has 7 nitrogen and oxygen atoms in total. The normalized spacial score (nSPS) is 50.8. The number of hydrogen-bond acceptors (Lipinski definition) is 7. The van der Waals surface area contributed by atoms with Crippen molar-refractivity contribution in [3.63, 3.8) is 0 Å². The number of ether oxygens (including phenoxy) is 1. The third-order valence-electron chi connectivity index (χ3n) is 14.5. The summed E-state index contributed by atoms with van der Waals surface area (Å²) in [5.41, 5.74) is -2.36. The highest BCUT2D eigenvalue weighted by Crippen LogP contribution is 2.75. The Morgan fingerprint density at radius 1 is 0.929 bits per heavy atom. The fraction of sp³-hybridized carbons (Fsp3) is 0.914. The van der Waals surface area contributed by atoms with E-state index >= 15 is 0 Å². The lowest BCUT2D eigenvalue weighted by Crippen LogP contribution is -2.76. The number of rotatable bonds is 5. The monoisotopic (exact) mass is 590 g/mol. The van der Waals surface area contributed by atoms with Crippen molar-refractivity contribution in [1.29, 1.82) is 0 Å². The summed E-state index contributed by atoms with van der Waals surface area (Å²) in [6.07, 6.45) is 3.61. The van der Waals surface area contributed by atoms with Crippen molar-refractivity contribution in [1.82, 2.24) is 0 Å². The Morgan fingerprint density at radius 3 is 2.21 bits per heavy atom. The van der Waals surface area contributed by atoms with Crippen LogP contribution in [0.2, 0.25) is 0 Å². The first kappa shape index (κ1) is 32.4. The smallest absolute Gasteiger partial charge is 0.306 e. The van der Waals surface area contributed by atoms with Gasteiger partial charge in [0, 0.05) is 11.8 Å². The quantitative estimate of drug-likeness (QED) is 0.231. The molecule has 0 bridgehead atoms. The number of carbonyl (C=O) groups excluding carboxylic acids is 1. The van der Waals surface area contributed by atoms with E-state index in [9.17, 15) is 30.3 Å². The Bertz CT molecular complexity index is 1100. The van der Waals surface area contributed by atoms with Gasteiger partial charge in [-0.05, 0) is 84.4 Å². The van der Waals surface area contributed by atoms with Crippen LogP contribution >= 0.6 is 0 Å². The Morgan fingerprint density at radius 2 is 1.60 bits per heavy atom. The van der Waals surface area contributed by atoms with Gasteiger partial charge in [0.2, 0.25) is 0 Å². The number of allylic oxidation sites excluding steroid dienone is 1. The largest absolute Gasteiger partial charge is 0.459 e. The van der Waals surface area contributed by atoms with Crippen molar-refractivity contribution in [2.24, 2.45) is 50.2 Å². The second-order valence-corrected chi connectivity index (χ2v) is 16.9. The van der Waals surface area contributed by atoms with Crippen LogP contribution in [0.25, 0.3) is 0 Å². The van der Waals surface area contributed by atoms with Crippen LogP contribution in [0, 0.1) is 50.2 Å². The van der Waals surface area contributed by atoms with Crippen LogP contribution in [0.1, 0.15) is 113 Å². The first-order chi connectivity index (χ1) is 19.4. The standard InChI is InChI=1S/C35H58O7/c1-9-10-11-25(38)42-29-28(41)30(2,3)18-21-20-12-13-23-32(6)16-15-24(37)31(4,5)22(32)14-17-33(23,7)34(20,8)26(39)27(40)35(21,29)19-36/h12,21-24,26-29,36-37,39-41H,9-11,13-19H2,1-8H3. The summed E-state index contributed by atoms with van der Waals surface area (Å²) in [4.78, 5) is 13.0. The third-order valence-corrected chi connectivity index (χ3v) is 14.5. The van der Waals surface area contributed by atoms with Gasteiger partial charge in [0.25, 0.3) is 0 Å². The van der Waals surface area contributed by atoms with Gasteiger partial charge in [0.15, 0.2) is 0 Å². The molecule has 7 heteroatoms. The molecule has 12 unspecified atom stereocenters. The van der Waals surface area contributed by atoms with E-state index in [1.54, 1.807) is 0 Å². The zero-order valence-electron chi connectivity index (χ0n) is 27.3. The summed E-state index contributed by atoms with van der Waals surface area (Å²) in [5.74, 6) is -0.222. The van der Waals surface area contributed by atoms with E-state index < -0.39 is 53.2 Å². The van der Waals surface area contributed by atoms with Gasteiger partial charge in [0.05, 0.1) is 36.4 Å². The molecular formula is C35H58O7. The van der Waals surface area contributed by atoms with E-state index in [0.717, 1.165) is 44.1 Å². The second kappa shape index (κ2) is 10.3. The predicted molar refractivity (Wildman–Crippen MR) is 161 cm³/mol. The third kappa shape index (κ3) is 3.98. The van der Waals surface area contributed by atoms with Gasteiger partial charge in [-0.1, -0.05) is 73.5 Å². The van der Waals surface area contributed by atoms with Crippen LogP contribution in [-0.2, 0) is 9.53 Å². The fourth-order valence-corrected chi connectivity index (χ4v) is 11.6. The molecular weight excluding hydrogens is 532 g/mol. The minimum atomic E-state index is -1.41. The molecule has 5 aliphatic rings. The molecule has 12 atom stereocenters. The Labute approximate surface area is 253 Å². The minimum absolute atomic E-state index is 0.0314. The molecule has 0 heterocycles. The zero-order chi connectivity index (χ0) is 31.3. The first-order valence-corrected chi connectivity index (χ1v) is 16.6. The number of fused-ring (bicyclic) bond motifs is 7. The number of aliphatic hydroxyl groups excluding tert-OH is 5. The molecule has 4 fully saturated rings. The van der Waals surface area contributed by atoms with E-state index in [2.05, 4.69) is 40.7 Å². The fourth-order valence-electron chi connectivity index (χ4n) is 11.6. The molecule has 42 heavy (non-hydrogen) atoms. The summed E-state index contributed by atoms with van der Waals surface area (Å²) < 4.78 is 6.02. The SMILES string of the molecule is CCCCC(=O)OC1C(O)C(C)(C)CC2C3=CCC4C5(C)CCC(O)C(C)(C)C5CCC4(C)C3(C)C(O)C(O)C21CO. The first-order valence-electron chi connectivity index (χ1n) is 16.6. The molecule has 0 amide bonds. The minimum Gasteiger partial charge on any atom is -0.459 e. The maximum absolute atomic E-state index is 13.0. The number of unbranched alkanes of at least 4 members (excludes halogenated alkanes) is 1. The van der Waals surface area contributed by atoms with Crippen molar-refractivity contribution in [3.8, 4) is 0 Å². The highest BCUT2D eigenvalue weighted by molar-refractivity contribution is 5.69. The molecule has 4 saturated carbocycles. The van der Waals surface area contributed by atoms with Crippen molar-refractivity contribution in [2.45, 2.75) is 144 Å². The highest BCUT2D eigenvalue weighted by atomic mass is 16.6. The van der Waals surface area contributed by atoms with Crippen LogP contribution in [0.15, 0.2) is 11.6 Å². The van der Waals surface area contributed by atoms with Crippen LogP contribution in [0.3, 0.4) is 0 Å². The Balaban J connectivity index is 1.63. The summed E-state index contributed by atoms with van der Waals surface area (Å²) in [5, 5.41) is 58.3. The van der Waals surface area contributed by atoms with Gasteiger partial charge in [-0.3, -0.25) is 4.79 Å². The molecule has 0 aromatic rings. The maximum atomic E-state index is 13.0. The van der Waals surface area contributed by atoms with Crippen molar-refractivity contribution in [2.75, 3.05) is 6.61 Å².